The molecule has 1 aliphatic rings. The van der Waals surface area contributed by atoms with Gasteiger partial charge >= 0.3 is 6.18 Å². The molecule has 1 saturated carbocycles. The highest BCUT2D eigenvalue weighted by Gasteiger charge is 2.41. The molecule has 0 radical (unpaired) electrons. The molecule has 160 valence electrons. The van der Waals surface area contributed by atoms with Crippen LogP contribution in [0.2, 0.25) is 0 Å². The minimum absolute atomic E-state index is 0. The van der Waals surface area contributed by atoms with Crippen molar-refractivity contribution >= 4 is 30.7 Å². The van der Waals surface area contributed by atoms with E-state index in [-0.39, 0.29) is 36.6 Å². The Hall–Kier alpha value is -2.03. The number of pyridine rings is 1. The summed E-state index contributed by atoms with van der Waals surface area (Å²) >= 11 is 0. The third kappa shape index (κ3) is 6.22. The van der Waals surface area contributed by atoms with Crippen LogP contribution in [0.1, 0.15) is 35.7 Å². The van der Waals surface area contributed by atoms with Gasteiger partial charge in [0, 0.05) is 24.4 Å². The molecule has 2 aromatic rings. The van der Waals surface area contributed by atoms with Crippen LogP contribution >= 0.6 is 24.8 Å². The lowest BCUT2D eigenvalue weighted by molar-refractivity contribution is -0.137. The van der Waals surface area contributed by atoms with E-state index in [2.05, 4.69) is 10.3 Å². The number of nitrogens with one attached hydrogen (secondary N) is 1. The van der Waals surface area contributed by atoms with Crippen molar-refractivity contribution < 1.29 is 22.7 Å². The average molecular weight is 452 g/mol. The van der Waals surface area contributed by atoms with Gasteiger partial charge in [-0.05, 0) is 56.0 Å². The van der Waals surface area contributed by atoms with Gasteiger partial charge in [0.15, 0.2) is 0 Å². The van der Waals surface area contributed by atoms with Gasteiger partial charge in [-0.25, -0.2) is 4.98 Å². The Morgan fingerprint density at radius 2 is 1.79 bits per heavy atom. The number of ether oxygens (including phenoxy) is 1. The van der Waals surface area contributed by atoms with Gasteiger partial charge in [-0.3, -0.25) is 4.79 Å². The Kier molecular flexibility index (Phi) is 8.32. The van der Waals surface area contributed by atoms with Crippen molar-refractivity contribution in [3.05, 3.63) is 53.7 Å². The number of amides is 1. The number of rotatable bonds is 6. The summed E-state index contributed by atoms with van der Waals surface area (Å²) < 4.78 is 43.0. The molecule has 29 heavy (non-hydrogen) atoms. The van der Waals surface area contributed by atoms with Gasteiger partial charge in [0.1, 0.15) is 5.75 Å². The minimum Gasteiger partial charge on any atom is -0.439 e. The first-order valence-corrected chi connectivity index (χ1v) is 8.55. The zero-order valence-corrected chi connectivity index (χ0v) is 17.2. The summed E-state index contributed by atoms with van der Waals surface area (Å²) in [5.74, 6) is 0.570. The molecule has 10 heteroatoms. The number of aromatic nitrogens is 1. The molecule has 1 unspecified atom stereocenters. The molecule has 1 fully saturated rings. The van der Waals surface area contributed by atoms with Gasteiger partial charge in [-0.15, -0.1) is 24.8 Å². The number of alkyl halides is 3. The predicted octanol–water partition coefficient (Wildman–Crippen LogP) is 4.59. The van der Waals surface area contributed by atoms with Crippen LogP contribution in [0.3, 0.4) is 0 Å². The summed E-state index contributed by atoms with van der Waals surface area (Å²) in [5, 5.41) is 2.99. The van der Waals surface area contributed by atoms with Gasteiger partial charge < -0.3 is 15.8 Å². The molecule has 0 spiro atoms. The third-order valence-electron chi connectivity index (χ3n) is 4.70. The molecular formula is C19H22Cl2F3N3O2. The minimum atomic E-state index is -4.45. The van der Waals surface area contributed by atoms with E-state index in [9.17, 15) is 18.0 Å². The first-order valence-electron chi connectivity index (χ1n) is 8.55. The highest BCUT2D eigenvalue weighted by Crippen LogP contribution is 2.39. The number of hydrogen-bond donors (Lipinski definition) is 2. The van der Waals surface area contributed by atoms with Crippen molar-refractivity contribution in [2.75, 3.05) is 6.54 Å². The molecule has 0 bridgehead atoms. The number of carbonyl (C=O) groups is 1. The lowest BCUT2D eigenvalue weighted by Gasteiger charge is -2.29. The van der Waals surface area contributed by atoms with Gasteiger partial charge in [0.05, 0.1) is 11.1 Å². The van der Waals surface area contributed by atoms with Crippen LogP contribution in [-0.2, 0) is 6.18 Å². The van der Waals surface area contributed by atoms with Crippen LogP contribution in [-0.4, -0.2) is 23.0 Å². The number of hydrogen-bond acceptors (Lipinski definition) is 4. The Balaban J connectivity index is 0.00000210. The SMILES string of the molecule is CC(CN)(NC(=O)c1ccc(Oc2ccc(C(F)(F)F)cn2)cc1)C1CC1.Cl.Cl. The molecule has 0 saturated heterocycles. The fraction of sp³-hybridized carbons (Fsp3) is 0.368. The Morgan fingerprint density at radius 3 is 2.24 bits per heavy atom. The Morgan fingerprint density at radius 1 is 1.17 bits per heavy atom. The van der Waals surface area contributed by atoms with Crippen molar-refractivity contribution in [1.29, 1.82) is 0 Å². The zero-order valence-electron chi connectivity index (χ0n) is 15.5. The van der Waals surface area contributed by atoms with E-state index in [1.54, 1.807) is 24.3 Å². The zero-order chi connectivity index (χ0) is 19.7. The van der Waals surface area contributed by atoms with Gasteiger partial charge in [-0.2, -0.15) is 13.2 Å². The van der Waals surface area contributed by atoms with E-state index in [0.29, 0.717) is 30.0 Å². The fourth-order valence-electron chi connectivity index (χ4n) is 2.78. The monoisotopic (exact) mass is 451 g/mol. The largest absolute Gasteiger partial charge is 0.439 e. The Labute approximate surface area is 179 Å². The maximum Gasteiger partial charge on any atom is 0.417 e. The lowest BCUT2D eigenvalue weighted by atomic mass is 9.95. The highest BCUT2D eigenvalue weighted by atomic mass is 35.5. The summed E-state index contributed by atoms with van der Waals surface area (Å²) in [6.07, 6.45) is -1.62. The molecule has 1 aromatic heterocycles. The second-order valence-electron chi connectivity index (χ2n) is 6.86. The molecule has 1 aliphatic carbocycles. The predicted molar refractivity (Wildman–Crippen MR) is 108 cm³/mol. The van der Waals surface area contributed by atoms with E-state index < -0.39 is 17.3 Å². The molecule has 3 N–H and O–H groups in total. The van der Waals surface area contributed by atoms with Crippen molar-refractivity contribution in [2.24, 2.45) is 11.7 Å². The summed E-state index contributed by atoms with van der Waals surface area (Å²) in [6.45, 7) is 2.31. The number of nitrogens with two attached hydrogens (primary N) is 1. The second kappa shape index (κ2) is 9.65. The maximum atomic E-state index is 12.5. The first-order chi connectivity index (χ1) is 12.7. The number of halogens is 5. The number of benzene rings is 1. The summed E-state index contributed by atoms with van der Waals surface area (Å²) in [4.78, 5) is 16.1. The van der Waals surface area contributed by atoms with Crippen LogP contribution in [0.5, 0.6) is 11.6 Å². The average Bonchev–Trinajstić information content (AvgIpc) is 3.47. The smallest absolute Gasteiger partial charge is 0.417 e. The van der Waals surface area contributed by atoms with Crippen LogP contribution in [0.25, 0.3) is 0 Å². The quantitative estimate of drug-likeness (QED) is 0.672. The standard InChI is InChI=1S/C19H20F3N3O2.2ClH/c1-18(11-23,13-4-5-13)25-17(26)12-2-7-15(8-3-12)27-16-9-6-14(10-24-16)19(20,21)22;;/h2-3,6-10,13H,4-5,11,23H2,1H3,(H,25,26);2*1H. The Bertz CT molecular complexity index is 813. The van der Waals surface area contributed by atoms with Crippen LogP contribution < -0.4 is 15.8 Å². The third-order valence-corrected chi connectivity index (χ3v) is 4.70. The second-order valence-corrected chi connectivity index (χ2v) is 6.86. The molecule has 1 amide bonds. The molecule has 1 heterocycles. The molecule has 1 aromatic carbocycles. The number of nitrogens with zero attached hydrogens (tertiary/aromatic N) is 1. The summed E-state index contributed by atoms with van der Waals surface area (Å²) in [6, 6.07) is 8.33. The van der Waals surface area contributed by atoms with E-state index in [0.717, 1.165) is 25.0 Å². The summed E-state index contributed by atoms with van der Waals surface area (Å²) in [7, 11) is 0. The maximum absolute atomic E-state index is 12.5. The molecule has 5 nitrogen and oxygen atoms in total. The van der Waals surface area contributed by atoms with E-state index in [1.807, 2.05) is 6.92 Å². The molecule has 0 aliphatic heterocycles. The van der Waals surface area contributed by atoms with Gasteiger partial charge in [0.2, 0.25) is 5.88 Å². The topological polar surface area (TPSA) is 77.2 Å². The van der Waals surface area contributed by atoms with E-state index in [4.69, 9.17) is 10.5 Å². The van der Waals surface area contributed by atoms with Crippen LogP contribution in [0.15, 0.2) is 42.6 Å². The van der Waals surface area contributed by atoms with Crippen LogP contribution in [0.4, 0.5) is 13.2 Å². The van der Waals surface area contributed by atoms with Crippen molar-refractivity contribution in [1.82, 2.24) is 10.3 Å². The molecule has 3 rings (SSSR count). The highest BCUT2D eigenvalue weighted by molar-refractivity contribution is 5.94. The molecular weight excluding hydrogens is 430 g/mol. The van der Waals surface area contributed by atoms with E-state index in [1.165, 1.54) is 0 Å². The number of carbonyl (C=O) groups excluding carboxylic acids is 1. The molecule has 1 atom stereocenters. The summed E-state index contributed by atoms with van der Waals surface area (Å²) in [5.41, 5.74) is 4.99. The van der Waals surface area contributed by atoms with Crippen molar-refractivity contribution in [2.45, 2.75) is 31.5 Å². The van der Waals surface area contributed by atoms with Crippen molar-refractivity contribution in [3.63, 3.8) is 0 Å². The van der Waals surface area contributed by atoms with Crippen LogP contribution in [0, 0.1) is 5.92 Å². The lowest BCUT2D eigenvalue weighted by Crippen LogP contribution is -2.53. The normalized spacial score (nSPS) is 15.3. The first kappa shape index (κ1) is 25.0. The fourth-order valence-corrected chi connectivity index (χ4v) is 2.78. The van der Waals surface area contributed by atoms with Gasteiger partial charge in [0.25, 0.3) is 5.91 Å². The van der Waals surface area contributed by atoms with E-state index >= 15 is 0 Å². The van der Waals surface area contributed by atoms with Crippen molar-refractivity contribution in [3.8, 4) is 11.6 Å². The van der Waals surface area contributed by atoms with Gasteiger partial charge in [-0.1, -0.05) is 0 Å².